The molecule has 0 aromatic rings. The van der Waals surface area contributed by atoms with Crippen LogP contribution in [0.25, 0.3) is 0 Å². The third-order valence-corrected chi connectivity index (χ3v) is 4.21. The molecular formula is C10H12O2. The maximum Gasteiger partial charge on any atom is 0.146 e. The van der Waals surface area contributed by atoms with Crippen LogP contribution in [0.5, 0.6) is 0 Å². The zero-order valence-electron chi connectivity index (χ0n) is 6.90. The molecule has 3 atom stereocenters. The van der Waals surface area contributed by atoms with Crippen molar-refractivity contribution in [1.82, 2.24) is 0 Å². The average molecular weight is 164 g/mol. The lowest BCUT2D eigenvalue weighted by Crippen LogP contribution is -2.38. The first-order valence-corrected chi connectivity index (χ1v) is 4.80. The summed E-state index contributed by atoms with van der Waals surface area (Å²) in [6.45, 7) is 0. The molecule has 2 heteroatoms. The summed E-state index contributed by atoms with van der Waals surface area (Å²) >= 11 is 0. The van der Waals surface area contributed by atoms with Crippen LogP contribution in [-0.2, 0) is 9.59 Å². The summed E-state index contributed by atoms with van der Waals surface area (Å²) < 4.78 is 0. The molecule has 4 rings (SSSR count). The van der Waals surface area contributed by atoms with Gasteiger partial charge in [-0.15, -0.1) is 0 Å². The summed E-state index contributed by atoms with van der Waals surface area (Å²) in [7, 11) is 0. The highest BCUT2D eigenvalue weighted by atomic mass is 16.1. The lowest BCUT2D eigenvalue weighted by atomic mass is 9.59. The molecule has 0 heterocycles. The van der Waals surface area contributed by atoms with Crippen molar-refractivity contribution >= 4 is 12.1 Å². The van der Waals surface area contributed by atoms with Crippen LogP contribution >= 0.6 is 0 Å². The van der Waals surface area contributed by atoms with E-state index in [1.165, 1.54) is 12.8 Å². The Labute approximate surface area is 71.3 Å². The molecule has 12 heavy (non-hydrogen) atoms. The molecule has 0 radical (unpaired) electrons. The summed E-state index contributed by atoms with van der Waals surface area (Å²) in [5, 5.41) is 0. The second-order valence-corrected chi connectivity index (χ2v) is 4.56. The Hall–Kier alpha value is -0.660. The fourth-order valence-corrected chi connectivity index (χ4v) is 3.48. The smallest absolute Gasteiger partial charge is 0.146 e. The Morgan fingerprint density at radius 2 is 1.92 bits per heavy atom. The van der Waals surface area contributed by atoms with Crippen LogP contribution in [0, 0.1) is 29.6 Å². The molecular weight excluding hydrogens is 152 g/mol. The second kappa shape index (κ2) is 1.98. The first-order chi connectivity index (χ1) is 5.81. The number of rotatable bonds is 1. The third-order valence-electron chi connectivity index (χ3n) is 4.21. The lowest BCUT2D eigenvalue weighted by Gasteiger charge is -2.45. The Bertz CT molecular complexity index is 253. The Kier molecular flexibility index (Phi) is 1.12. The highest BCUT2D eigenvalue weighted by Crippen LogP contribution is 2.59. The van der Waals surface area contributed by atoms with Crippen LogP contribution in [0.4, 0.5) is 0 Å². The monoisotopic (exact) mass is 164 g/mol. The van der Waals surface area contributed by atoms with E-state index in [0.717, 1.165) is 12.7 Å². The van der Waals surface area contributed by atoms with Gasteiger partial charge in [0.25, 0.3) is 0 Å². The molecule has 0 aromatic carbocycles. The number of carbonyl (C=O) groups excluding carboxylic acids is 2. The van der Waals surface area contributed by atoms with E-state index in [2.05, 4.69) is 0 Å². The van der Waals surface area contributed by atoms with Crippen LogP contribution in [0.2, 0.25) is 0 Å². The summed E-state index contributed by atoms with van der Waals surface area (Å²) in [5.41, 5.74) is 0. The topological polar surface area (TPSA) is 34.1 Å². The Balaban J connectivity index is 2.00. The third kappa shape index (κ3) is 0.584. The molecule has 0 aromatic heterocycles. The van der Waals surface area contributed by atoms with Gasteiger partial charge < -0.3 is 4.79 Å². The van der Waals surface area contributed by atoms with Gasteiger partial charge in [0.1, 0.15) is 12.1 Å². The molecule has 4 aliphatic rings. The van der Waals surface area contributed by atoms with Crippen LogP contribution < -0.4 is 0 Å². The van der Waals surface area contributed by atoms with Gasteiger partial charge in [0.2, 0.25) is 0 Å². The molecule has 1 unspecified atom stereocenters. The number of hydrogen-bond donors (Lipinski definition) is 0. The van der Waals surface area contributed by atoms with Crippen molar-refractivity contribution in [1.29, 1.82) is 0 Å². The molecule has 4 bridgehead atoms. The van der Waals surface area contributed by atoms with E-state index in [9.17, 15) is 9.59 Å². The largest absolute Gasteiger partial charge is 0.303 e. The van der Waals surface area contributed by atoms with Gasteiger partial charge in [0, 0.05) is 5.92 Å². The minimum atomic E-state index is -0.215. The van der Waals surface area contributed by atoms with Gasteiger partial charge in [-0.2, -0.15) is 0 Å². The number of carbonyl (C=O) groups is 2. The minimum absolute atomic E-state index is 0.215. The summed E-state index contributed by atoms with van der Waals surface area (Å²) in [5.74, 6) is 2.13. The van der Waals surface area contributed by atoms with Gasteiger partial charge in [0.15, 0.2) is 0 Å². The number of hydrogen-bond acceptors (Lipinski definition) is 2. The van der Waals surface area contributed by atoms with Crippen molar-refractivity contribution in [2.45, 2.75) is 19.3 Å². The zero-order chi connectivity index (χ0) is 8.29. The quantitative estimate of drug-likeness (QED) is 0.428. The summed E-state index contributed by atoms with van der Waals surface area (Å²) in [6.07, 6.45) is 4.38. The lowest BCUT2D eigenvalue weighted by molar-refractivity contribution is -0.128. The van der Waals surface area contributed by atoms with Crippen LogP contribution in [-0.4, -0.2) is 12.1 Å². The van der Waals surface area contributed by atoms with E-state index >= 15 is 0 Å². The van der Waals surface area contributed by atoms with E-state index < -0.39 is 0 Å². The van der Waals surface area contributed by atoms with Gasteiger partial charge in [-0.05, 0) is 37.0 Å². The normalized spacial score (nSPS) is 55.0. The number of ketones is 1. The van der Waals surface area contributed by atoms with Crippen molar-refractivity contribution in [3.05, 3.63) is 0 Å². The van der Waals surface area contributed by atoms with Crippen molar-refractivity contribution in [2.24, 2.45) is 29.6 Å². The van der Waals surface area contributed by atoms with Gasteiger partial charge in [-0.25, -0.2) is 0 Å². The molecule has 0 amide bonds. The molecule has 64 valence electrons. The van der Waals surface area contributed by atoms with Crippen molar-refractivity contribution in [3.8, 4) is 0 Å². The predicted octanol–water partition coefficient (Wildman–Crippen LogP) is 1.05. The standard InChI is InChI=1S/C10H12O2/c11-4-9-7-3-8(10(9)12)6-1-5(7)2-6/h4-9H,1-3H2/t5?,6?,7-,8+,9?/m1/s1. The SMILES string of the molecule is O=CC1C(=O)[C@H]2C[C@@H]1C1CC2C1. The predicted molar refractivity (Wildman–Crippen MR) is 42.4 cm³/mol. The van der Waals surface area contributed by atoms with Crippen LogP contribution in [0.3, 0.4) is 0 Å². The second-order valence-electron chi connectivity index (χ2n) is 4.56. The van der Waals surface area contributed by atoms with Crippen molar-refractivity contribution in [2.75, 3.05) is 0 Å². The summed E-state index contributed by atoms with van der Waals surface area (Å²) in [6, 6.07) is 0. The Morgan fingerprint density at radius 1 is 1.17 bits per heavy atom. The number of aldehydes is 1. The average Bonchev–Trinajstić information content (AvgIpc) is 2.20. The fourth-order valence-electron chi connectivity index (χ4n) is 3.48. The Morgan fingerprint density at radius 3 is 2.50 bits per heavy atom. The van der Waals surface area contributed by atoms with E-state index in [0.29, 0.717) is 17.8 Å². The van der Waals surface area contributed by atoms with Crippen LogP contribution in [0.1, 0.15) is 19.3 Å². The zero-order valence-corrected chi connectivity index (χ0v) is 6.90. The van der Waals surface area contributed by atoms with E-state index in [1.54, 1.807) is 0 Å². The van der Waals surface area contributed by atoms with Gasteiger partial charge >= 0.3 is 0 Å². The first kappa shape index (κ1) is 6.81. The van der Waals surface area contributed by atoms with E-state index in [1.807, 2.05) is 0 Å². The molecule has 0 N–H and O–H groups in total. The number of Topliss-reactive ketones (excluding diaryl/α,β-unsaturated/α-hetero) is 1. The maximum absolute atomic E-state index is 11.6. The molecule has 4 aliphatic carbocycles. The molecule has 0 spiro atoms. The van der Waals surface area contributed by atoms with Crippen molar-refractivity contribution < 1.29 is 9.59 Å². The van der Waals surface area contributed by atoms with E-state index in [-0.39, 0.29) is 17.6 Å². The van der Waals surface area contributed by atoms with Crippen LogP contribution in [0.15, 0.2) is 0 Å². The maximum atomic E-state index is 11.6. The van der Waals surface area contributed by atoms with E-state index in [4.69, 9.17) is 0 Å². The highest BCUT2D eigenvalue weighted by Gasteiger charge is 2.58. The molecule has 0 saturated heterocycles. The molecule has 0 aliphatic heterocycles. The van der Waals surface area contributed by atoms with Gasteiger partial charge in [-0.3, -0.25) is 4.79 Å². The summed E-state index contributed by atoms with van der Waals surface area (Å²) in [4.78, 5) is 22.3. The molecule has 2 nitrogen and oxygen atoms in total. The van der Waals surface area contributed by atoms with Gasteiger partial charge in [-0.1, -0.05) is 0 Å². The molecule has 4 saturated carbocycles. The highest BCUT2D eigenvalue weighted by molar-refractivity contribution is 5.97. The first-order valence-electron chi connectivity index (χ1n) is 4.80. The van der Waals surface area contributed by atoms with Crippen molar-refractivity contribution in [3.63, 3.8) is 0 Å². The van der Waals surface area contributed by atoms with Gasteiger partial charge in [0.05, 0.1) is 5.92 Å². The molecule has 4 fully saturated rings. The fraction of sp³-hybridized carbons (Fsp3) is 0.800. The minimum Gasteiger partial charge on any atom is -0.303 e.